The molecule has 0 bridgehead atoms. The van der Waals surface area contributed by atoms with Gasteiger partial charge < -0.3 is 5.32 Å². The van der Waals surface area contributed by atoms with Crippen molar-refractivity contribution in [2.45, 2.75) is 25.7 Å². The Balaban J connectivity index is 2.04. The molecule has 104 valence electrons. The van der Waals surface area contributed by atoms with Crippen LogP contribution < -0.4 is 5.32 Å². The van der Waals surface area contributed by atoms with Crippen LogP contribution in [0.4, 0.5) is 0 Å². The van der Waals surface area contributed by atoms with Gasteiger partial charge in [0.15, 0.2) is 0 Å². The number of carbonyl (C=O) groups is 1. The molecule has 0 saturated heterocycles. The molecule has 0 aliphatic rings. The second-order valence-electron chi connectivity index (χ2n) is 5.01. The van der Waals surface area contributed by atoms with E-state index < -0.39 is 0 Å². The average Bonchev–Trinajstić information content (AvgIpc) is 2.44. The molecule has 0 saturated carbocycles. The predicted molar refractivity (Wildman–Crippen MR) is 86.2 cm³/mol. The topological polar surface area (TPSA) is 29.1 Å². The van der Waals surface area contributed by atoms with E-state index in [4.69, 9.17) is 0 Å². The predicted octanol–water partition coefficient (Wildman–Crippen LogP) is 4.13. The Morgan fingerprint density at radius 3 is 2.35 bits per heavy atom. The molecule has 2 rings (SSSR count). The third-order valence-corrected chi connectivity index (χ3v) is 3.73. The lowest BCUT2D eigenvalue weighted by molar-refractivity contribution is 0.0950. The highest BCUT2D eigenvalue weighted by Crippen LogP contribution is 2.11. The highest BCUT2D eigenvalue weighted by molar-refractivity contribution is 9.08. The quantitative estimate of drug-likeness (QED) is 0.838. The van der Waals surface area contributed by atoms with Crippen LogP contribution in [0.25, 0.3) is 0 Å². The zero-order valence-corrected chi connectivity index (χ0v) is 13.3. The Labute approximate surface area is 128 Å². The van der Waals surface area contributed by atoms with Crippen molar-refractivity contribution in [2.24, 2.45) is 0 Å². The first-order valence-corrected chi connectivity index (χ1v) is 7.71. The second kappa shape index (κ2) is 6.71. The second-order valence-corrected chi connectivity index (χ2v) is 5.57. The molecule has 2 aromatic carbocycles. The Morgan fingerprint density at radius 1 is 1.05 bits per heavy atom. The van der Waals surface area contributed by atoms with E-state index in [2.05, 4.69) is 39.4 Å². The van der Waals surface area contributed by atoms with Gasteiger partial charge in [0.1, 0.15) is 0 Å². The summed E-state index contributed by atoms with van der Waals surface area (Å²) in [4.78, 5) is 12.2. The Morgan fingerprint density at radius 2 is 1.70 bits per heavy atom. The van der Waals surface area contributed by atoms with E-state index in [9.17, 15) is 4.79 Å². The van der Waals surface area contributed by atoms with E-state index >= 15 is 0 Å². The van der Waals surface area contributed by atoms with Gasteiger partial charge in [-0.1, -0.05) is 57.4 Å². The molecular weight excluding hydrogens is 314 g/mol. The minimum absolute atomic E-state index is 0.0268. The monoisotopic (exact) mass is 331 g/mol. The molecule has 0 aliphatic heterocycles. The van der Waals surface area contributed by atoms with E-state index in [0.717, 1.165) is 27.6 Å². The molecule has 0 aromatic heterocycles. The van der Waals surface area contributed by atoms with Crippen LogP contribution in [-0.2, 0) is 11.9 Å². The van der Waals surface area contributed by atoms with E-state index in [0.29, 0.717) is 6.54 Å². The van der Waals surface area contributed by atoms with Crippen LogP contribution in [0.3, 0.4) is 0 Å². The Hall–Kier alpha value is -1.61. The Bertz CT molecular complexity index is 602. The fraction of sp³-hybridized carbons (Fsp3) is 0.235. The lowest BCUT2D eigenvalue weighted by Gasteiger charge is -2.08. The maximum atomic E-state index is 12.2. The molecule has 0 spiro atoms. The number of halogens is 1. The first kappa shape index (κ1) is 14.8. The van der Waals surface area contributed by atoms with E-state index in [1.165, 1.54) is 5.56 Å². The first-order valence-electron chi connectivity index (χ1n) is 6.59. The van der Waals surface area contributed by atoms with Crippen LogP contribution in [0.2, 0.25) is 0 Å². The summed E-state index contributed by atoms with van der Waals surface area (Å²) in [7, 11) is 0. The standard InChI is InChI=1S/C17H18BrNO/c1-12-6-13(2)8-16(7-12)17(20)19-11-15-5-3-4-14(9-15)10-18/h3-9H,10-11H2,1-2H3,(H,19,20). The summed E-state index contributed by atoms with van der Waals surface area (Å²) >= 11 is 3.44. The van der Waals surface area contributed by atoms with Gasteiger partial charge in [-0.05, 0) is 37.1 Å². The van der Waals surface area contributed by atoms with Crippen LogP contribution >= 0.6 is 15.9 Å². The largest absolute Gasteiger partial charge is 0.348 e. The van der Waals surface area contributed by atoms with Crippen LogP contribution in [0.5, 0.6) is 0 Å². The number of hydrogen-bond donors (Lipinski definition) is 1. The van der Waals surface area contributed by atoms with Crippen molar-refractivity contribution in [3.05, 3.63) is 70.3 Å². The van der Waals surface area contributed by atoms with Gasteiger partial charge in [0.2, 0.25) is 0 Å². The molecule has 0 fully saturated rings. The number of aryl methyl sites for hydroxylation is 2. The van der Waals surface area contributed by atoms with E-state index in [1.54, 1.807) is 0 Å². The van der Waals surface area contributed by atoms with Crippen LogP contribution in [0, 0.1) is 13.8 Å². The molecule has 0 aliphatic carbocycles. The number of hydrogen-bond acceptors (Lipinski definition) is 1. The van der Waals surface area contributed by atoms with Gasteiger partial charge in [0, 0.05) is 17.4 Å². The van der Waals surface area contributed by atoms with Gasteiger partial charge in [-0.15, -0.1) is 0 Å². The first-order chi connectivity index (χ1) is 9.58. The van der Waals surface area contributed by atoms with Crippen molar-refractivity contribution in [1.82, 2.24) is 5.32 Å². The zero-order valence-electron chi connectivity index (χ0n) is 11.7. The van der Waals surface area contributed by atoms with Crippen molar-refractivity contribution in [2.75, 3.05) is 0 Å². The number of carbonyl (C=O) groups excluding carboxylic acids is 1. The van der Waals surface area contributed by atoms with Crippen molar-refractivity contribution >= 4 is 21.8 Å². The van der Waals surface area contributed by atoms with E-state index in [-0.39, 0.29) is 5.91 Å². The van der Waals surface area contributed by atoms with Crippen molar-refractivity contribution < 1.29 is 4.79 Å². The highest BCUT2D eigenvalue weighted by atomic mass is 79.9. The molecule has 0 unspecified atom stereocenters. The highest BCUT2D eigenvalue weighted by Gasteiger charge is 2.06. The van der Waals surface area contributed by atoms with Crippen LogP contribution in [0.1, 0.15) is 32.6 Å². The zero-order chi connectivity index (χ0) is 14.5. The summed E-state index contributed by atoms with van der Waals surface area (Å²) in [6.45, 7) is 4.55. The summed E-state index contributed by atoms with van der Waals surface area (Å²) in [6.07, 6.45) is 0. The molecule has 20 heavy (non-hydrogen) atoms. The summed E-state index contributed by atoms with van der Waals surface area (Å²) < 4.78 is 0. The molecule has 0 heterocycles. The third kappa shape index (κ3) is 3.94. The van der Waals surface area contributed by atoms with Gasteiger partial charge in [0.05, 0.1) is 0 Å². The summed E-state index contributed by atoms with van der Waals surface area (Å²) in [5.74, 6) is -0.0268. The molecule has 0 radical (unpaired) electrons. The molecule has 1 amide bonds. The average molecular weight is 332 g/mol. The summed E-state index contributed by atoms with van der Waals surface area (Å²) in [6, 6.07) is 14.1. The number of alkyl halides is 1. The normalized spacial score (nSPS) is 10.3. The van der Waals surface area contributed by atoms with Crippen molar-refractivity contribution in [3.63, 3.8) is 0 Å². The van der Waals surface area contributed by atoms with Crippen molar-refractivity contribution in [3.8, 4) is 0 Å². The molecule has 1 N–H and O–H groups in total. The summed E-state index contributed by atoms with van der Waals surface area (Å²) in [5.41, 5.74) is 5.26. The number of nitrogens with one attached hydrogen (secondary N) is 1. The maximum absolute atomic E-state index is 12.2. The lowest BCUT2D eigenvalue weighted by atomic mass is 10.1. The van der Waals surface area contributed by atoms with Gasteiger partial charge in [-0.3, -0.25) is 4.79 Å². The number of rotatable bonds is 4. The lowest BCUT2D eigenvalue weighted by Crippen LogP contribution is -2.23. The Kier molecular flexibility index (Phi) is 4.96. The maximum Gasteiger partial charge on any atom is 0.251 e. The molecule has 2 nitrogen and oxygen atoms in total. The fourth-order valence-electron chi connectivity index (χ4n) is 2.21. The van der Waals surface area contributed by atoms with Gasteiger partial charge in [-0.2, -0.15) is 0 Å². The molecule has 3 heteroatoms. The SMILES string of the molecule is Cc1cc(C)cc(C(=O)NCc2cccc(CBr)c2)c1. The molecule has 2 aromatic rings. The van der Waals surface area contributed by atoms with Gasteiger partial charge >= 0.3 is 0 Å². The summed E-state index contributed by atoms with van der Waals surface area (Å²) in [5, 5.41) is 3.79. The number of benzene rings is 2. The minimum Gasteiger partial charge on any atom is -0.348 e. The molecular formula is C17H18BrNO. The van der Waals surface area contributed by atoms with Gasteiger partial charge in [0.25, 0.3) is 5.91 Å². The van der Waals surface area contributed by atoms with Gasteiger partial charge in [-0.25, -0.2) is 0 Å². The van der Waals surface area contributed by atoms with E-state index in [1.807, 2.05) is 38.1 Å². The number of amides is 1. The smallest absolute Gasteiger partial charge is 0.251 e. The van der Waals surface area contributed by atoms with Crippen molar-refractivity contribution in [1.29, 1.82) is 0 Å². The third-order valence-electron chi connectivity index (χ3n) is 3.08. The van der Waals surface area contributed by atoms with Crippen LogP contribution in [0.15, 0.2) is 42.5 Å². The molecule has 0 atom stereocenters. The minimum atomic E-state index is -0.0268. The fourth-order valence-corrected chi connectivity index (χ4v) is 2.56. The van der Waals surface area contributed by atoms with Crippen LogP contribution in [-0.4, -0.2) is 5.91 Å².